The molecule has 2 aromatic rings. The van der Waals surface area contributed by atoms with E-state index in [1.54, 1.807) is 0 Å². The monoisotopic (exact) mass is 275 g/mol. The van der Waals surface area contributed by atoms with Crippen LogP contribution in [0.15, 0.2) is 18.2 Å². The molecule has 0 aliphatic carbocycles. The van der Waals surface area contributed by atoms with E-state index < -0.39 is 0 Å². The molecule has 1 aliphatic heterocycles. The molecule has 1 unspecified atom stereocenters. The van der Waals surface area contributed by atoms with Gasteiger partial charge in [-0.1, -0.05) is 19.1 Å². The zero-order chi connectivity index (χ0) is 13.4. The Bertz CT molecular complexity index is 640. The number of benzene rings is 1. The molecule has 1 N–H and O–H groups in total. The average Bonchev–Trinajstić information content (AvgIpc) is 2.96. The molecule has 0 amide bonds. The number of hydrogen-bond acceptors (Lipinski definition) is 2. The van der Waals surface area contributed by atoms with E-state index in [1.165, 1.54) is 30.5 Å². The molecule has 0 spiro atoms. The van der Waals surface area contributed by atoms with Gasteiger partial charge in [-0.15, -0.1) is 0 Å². The van der Waals surface area contributed by atoms with Gasteiger partial charge >= 0.3 is 0 Å². The van der Waals surface area contributed by atoms with Gasteiger partial charge in [-0.2, -0.15) is 0 Å². The van der Waals surface area contributed by atoms with Crippen molar-refractivity contribution >= 4 is 23.3 Å². The molecule has 1 aromatic carbocycles. The smallest absolute Gasteiger partial charge is 0.178 e. The van der Waals surface area contributed by atoms with Crippen LogP contribution in [0.5, 0.6) is 0 Å². The Balaban J connectivity index is 2.01. The Labute approximate surface area is 119 Å². The third-order valence-corrected chi connectivity index (χ3v) is 4.62. The predicted octanol–water partition coefficient (Wildman–Crippen LogP) is 3.49. The Morgan fingerprint density at radius 2 is 2.26 bits per heavy atom. The number of aryl methyl sites for hydroxylation is 1. The van der Waals surface area contributed by atoms with Gasteiger partial charge in [0.15, 0.2) is 4.77 Å². The minimum Gasteiger partial charge on any atom is -0.331 e. The van der Waals surface area contributed by atoms with Crippen LogP contribution in [-0.2, 0) is 6.54 Å². The molecule has 1 saturated heterocycles. The number of imidazole rings is 1. The van der Waals surface area contributed by atoms with Crippen LogP contribution in [-0.4, -0.2) is 33.6 Å². The fraction of sp³-hybridized carbons (Fsp3) is 0.533. The maximum Gasteiger partial charge on any atom is 0.178 e. The molecular weight excluding hydrogens is 254 g/mol. The van der Waals surface area contributed by atoms with E-state index in [9.17, 15) is 0 Å². The number of likely N-dealkylation sites (N-methyl/N-ethyl adjacent to an activating group) is 1. The van der Waals surface area contributed by atoms with Crippen molar-refractivity contribution in [3.8, 4) is 0 Å². The van der Waals surface area contributed by atoms with Crippen LogP contribution in [0.2, 0.25) is 0 Å². The van der Waals surface area contributed by atoms with Crippen molar-refractivity contribution in [2.75, 3.05) is 13.1 Å². The summed E-state index contributed by atoms with van der Waals surface area (Å²) in [5, 5.41) is 0. The van der Waals surface area contributed by atoms with Gasteiger partial charge in [-0.05, 0) is 56.7 Å². The molecule has 102 valence electrons. The molecule has 19 heavy (non-hydrogen) atoms. The molecule has 0 radical (unpaired) electrons. The second-order valence-electron chi connectivity index (χ2n) is 5.44. The van der Waals surface area contributed by atoms with Gasteiger partial charge in [0.2, 0.25) is 0 Å². The van der Waals surface area contributed by atoms with Gasteiger partial charge in [-0.25, -0.2) is 0 Å². The summed E-state index contributed by atoms with van der Waals surface area (Å²) in [6.45, 7) is 7.79. The quantitative estimate of drug-likeness (QED) is 0.867. The summed E-state index contributed by atoms with van der Waals surface area (Å²) in [4.78, 5) is 5.90. The predicted molar refractivity (Wildman–Crippen MR) is 82.1 cm³/mol. The standard InChI is InChI=1S/C15H21N3S/c1-3-17-9-5-7-12(17)10-18-14-11(2)6-4-8-13(14)16-15(18)19/h4,6,8,12H,3,5,7,9-10H2,1-2H3,(H,16,19). The number of likely N-dealkylation sites (tertiary alicyclic amines) is 1. The highest BCUT2D eigenvalue weighted by atomic mass is 32.1. The average molecular weight is 275 g/mol. The van der Waals surface area contributed by atoms with Gasteiger partial charge in [-0.3, -0.25) is 4.90 Å². The summed E-state index contributed by atoms with van der Waals surface area (Å²) < 4.78 is 3.14. The SMILES string of the molecule is CCN1CCCC1Cn1c(=S)[nH]c2cccc(C)c21. The van der Waals surface area contributed by atoms with Crippen molar-refractivity contribution in [1.82, 2.24) is 14.5 Å². The molecule has 1 fully saturated rings. The number of nitrogens with one attached hydrogen (secondary N) is 1. The maximum absolute atomic E-state index is 5.51. The summed E-state index contributed by atoms with van der Waals surface area (Å²) in [5.74, 6) is 0. The first-order valence-corrected chi connectivity index (χ1v) is 7.53. The van der Waals surface area contributed by atoms with Crippen molar-refractivity contribution in [3.05, 3.63) is 28.5 Å². The van der Waals surface area contributed by atoms with Crippen LogP contribution < -0.4 is 0 Å². The van der Waals surface area contributed by atoms with Crippen molar-refractivity contribution in [2.45, 2.75) is 39.3 Å². The van der Waals surface area contributed by atoms with Crippen molar-refractivity contribution in [1.29, 1.82) is 0 Å². The fourth-order valence-electron chi connectivity index (χ4n) is 3.31. The first-order valence-electron chi connectivity index (χ1n) is 7.13. The molecule has 3 rings (SSSR count). The highest BCUT2D eigenvalue weighted by Gasteiger charge is 2.24. The second kappa shape index (κ2) is 5.10. The van der Waals surface area contributed by atoms with Crippen LogP contribution in [0.1, 0.15) is 25.3 Å². The molecule has 1 atom stereocenters. The lowest BCUT2D eigenvalue weighted by atomic mass is 10.2. The Hall–Kier alpha value is -1.13. The number of nitrogens with zero attached hydrogens (tertiary/aromatic N) is 2. The molecule has 1 aromatic heterocycles. The van der Waals surface area contributed by atoms with Crippen molar-refractivity contribution in [2.24, 2.45) is 0 Å². The minimum absolute atomic E-state index is 0.635. The van der Waals surface area contributed by atoms with Crippen LogP contribution in [0.3, 0.4) is 0 Å². The molecule has 0 bridgehead atoms. The van der Waals surface area contributed by atoms with Crippen LogP contribution in [0.25, 0.3) is 11.0 Å². The lowest BCUT2D eigenvalue weighted by Gasteiger charge is -2.23. The van der Waals surface area contributed by atoms with Crippen LogP contribution >= 0.6 is 12.2 Å². The highest BCUT2D eigenvalue weighted by molar-refractivity contribution is 7.71. The third-order valence-electron chi connectivity index (χ3n) is 4.29. The largest absolute Gasteiger partial charge is 0.331 e. The maximum atomic E-state index is 5.51. The van der Waals surface area contributed by atoms with Gasteiger partial charge in [0, 0.05) is 12.6 Å². The number of aromatic amines is 1. The normalized spacial score (nSPS) is 20.4. The second-order valence-corrected chi connectivity index (χ2v) is 5.82. The van der Waals surface area contributed by atoms with E-state index in [4.69, 9.17) is 12.2 Å². The van der Waals surface area contributed by atoms with E-state index in [0.717, 1.165) is 23.4 Å². The lowest BCUT2D eigenvalue weighted by Crippen LogP contribution is -2.32. The summed E-state index contributed by atoms with van der Waals surface area (Å²) in [6.07, 6.45) is 2.60. The minimum atomic E-state index is 0.635. The topological polar surface area (TPSA) is 24.0 Å². The summed E-state index contributed by atoms with van der Waals surface area (Å²) in [7, 11) is 0. The zero-order valence-electron chi connectivity index (χ0n) is 11.6. The first kappa shape index (κ1) is 12.9. The summed E-state index contributed by atoms with van der Waals surface area (Å²) in [5.41, 5.74) is 3.73. The number of fused-ring (bicyclic) bond motifs is 1. The van der Waals surface area contributed by atoms with E-state index in [-0.39, 0.29) is 0 Å². The lowest BCUT2D eigenvalue weighted by molar-refractivity contribution is 0.245. The Morgan fingerprint density at radius 3 is 3.05 bits per heavy atom. The highest BCUT2D eigenvalue weighted by Crippen LogP contribution is 2.23. The summed E-state index contributed by atoms with van der Waals surface area (Å²) >= 11 is 5.51. The van der Waals surface area contributed by atoms with E-state index in [0.29, 0.717) is 6.04 Å². The molecular formula is C15H21N3S. The van der Waals surface area contributed by atoms with Gasteiger partial charge in [0.1, 0.15) is 0 Å². The number of para-hydroxylation sites is 1. The number of aromatic nitrogens is 2. The van der Waals surface area contributed by atoms with E-state index in [1.807, 2.05) is 0 Å². The molecule has 1 aliphatic rings. The third kappa shape index (κ3) is 2.23. The van der Waals surface area contributed by atoms with Gasteiger partial charge in [0.05, 0.1) is 11.0 Å². The van der Waals surface area contributed by atoms with Crippen LogP contribution in [0.4, 0.5) is 0 Å². The van der Waals surface area contributed by atoms with Crippen molar-refractivity contribution < 1.29 is 0 Å². The Kier molecular flexibility index (Phi) is 3.46. The van der Waals surface area contributed by atoms with E-state index in [2.05, 4.69) is 46.5 Å². The number of H-pyrrole nitrogens is 1. The molecule has 2 heterocycles. The number of rotatable bonds is 3. The zero-order valence-corrected chi connectivity index (χ0v) is 12.5. The first-order chi connectivity index (χ1) is 9.20. The van der Waals surface area contributed by atoms with Gasteiger partial charge in [0.25, 0.3) is 0 Å². The van der Waals surface area contributed by atoms with Gasteiger partial charge < -0.3 is 9.55 Å². The van der Waals surface area contributed by atoms with Crippen LogP contribution in [0, 0.1) is 11.7 Å². The molecule has 3 nitrogen and oxygen atoms in total. The van der Waals surface area contributed by atoms with E-state index >= 15 is 0 Å². The summed E-state index contributed by atoms with van der Waals surface area (Å²) in [6, 6.07) is 6.99. The molecule has 4 heteroatoms. The molecule has 0 saturated carbocycles. The fourth-order valence-corrected chi connectivity index (χ4v) is 3.58. The number of hydrogen-bond donors (Lipinski definition) is 1. The Morgan fingerprint density at radius 1 is 1.42 bits per heavy atom. The van der Waals surface area contributed by atoms with Crippen molar-refractivity contribution in [3.63, 3.8) is 0 Å².